The molecule has 2 rings (SSSR count). The average molecular weight is 320 g/mol. The fourth-order valence-electron chi connectivity index (χ4n) is 2.31. The number of nitrogens with zero attached hydrogens (tertiary/aromatic N) is 2. The van der Waals surface area contributed by atoms with Crippen molar-refractivity contribution in [2.75, 3.05) is 21.3 Å². The third-order valence-corrected chi connectivity index (χ3v) is 4.40. The number of hydrogen-bond donors (Lipinski definition) is 0. The Morgan fingerprint density at radius 1 is 1.27 bits per heavy atom. The second kappa shape index (κ2) is 6.79. The molecule has 2 aromatic rings. The van der Waals surface area contributed by atoms with Gasteiger partial charge in [-0.1, -0.05) is 12.1 Å². The van der Waals surface area contributed by atoms with E-state index in [2.05, 4.69) is 4.98 Å². The second-order valence-electron chi connectivity index (χ2n) is 4.96. The maximum atomic E-state index is 12.6. The number of rotatable bonds is 5. The summed E-state index contributed by atoms with van der Waals surface area (Å²) in [6, 6.07) is 5.65. The summed E-state index contributed by atoms with van der Waals surface area (Å²) in [5.41, 5.74) is 1.67. The molecular weight excluding hydrogens is 300 g/mol. The summed E-state index contributed by atoms with van der Waals surface area (Å²) in [5, 5.41) is 0.896. The molecule has 1 heterocycles. The molecule has 0 fully saturated rings. The SMILES string of the molecule is COc1cccc(CN(C)C(=O)c2sc(C)nc2C)c1OC. The van der Waals surface area contributed by atoms with Crippen LogP contribution >= 0.6 is 11.3 Å². The van der Waals surface area contributed by atoms with Gasteiger partial charge in [-0.2, -0.15) is 0 Å². The van der Waals surface area contributed by atoms with E-state index >= 15 is 0 Å². The standard InChI is InChI=1S/C16H20N2O3S/c1-10-15(22-11(2)17-10)16(19)18(3)9-12-7-6-8-13(20-4)14(12)21-5/h6-8H,9H2,1-5H3. The minimum absolute atomic E-state index is 0.0343. The van der Waals surface area contributed by atoms with E-state index in [1.54, 1.807) is 26.2 Å². The van der Waals surface area contributed by atoms with Crippen molar-refractivity contribution >= 4 is 17.2 Å². The van der Waals surface area contributed by atoms with Crippen LogP contribution in [0.5, 0.6) is 11.5 Å². The summed E-state index contributed by atoms with van der Waals surface area (Å²) >= 11 is 1.42. The summed E-state index contributed by atoms with van der Waals surface area (Å²) in [5.74, 6) is 1.28. The molecule has 118 valence electrons. The van der Waals surface area contributed by atoms with Gasteiger partial charge in [0.05, 0.1) is 24.9 Å². The fourth-order valence-corrected chi connectivity index (χ4v) is 3.22. The number of benzene rings is 1. The van der Waals surface area contributed by atoms with Crippen molar-refractivity contribution in [3.8, 4) is 11.5 Å². The Morgan fingerprint density at radius 3 is 2.55 bits per heavy atom. The minimum atomic E-state index is -0.0343. The number of carbonyl (C=O) groups is 1. The molecule has 6 heteroatoms. The molecule has 0 N–H and O–H groups in total. The number of thiazole rings is 1. The van der Waals surface area contributed by atoms with Crippen molar-refractivity contribution in [3.63, 3.8) is 0 Å². The summed E-state index contributed by atoms with van der Waals surface area (Å²) in [6.45, 7) is 4.20. The zero-order valence-corrected chi connectivity index (χ0v) is 14.3. The number of aryl methyl sites for hydroxylation is 2. The molecule has 22 heavy (non-hydrogen) atoms. The number of para-hydroxylation sites is 1. The first-order valence-electron chi connectivity index (χ1n) is 6.87. The van der Waals surface area contributed by atoms with Crippen molar-refractivity contribution < 1.29 is 14.3 Å². The van der Waals surface area contributed by atoms with Crippen LogP contribution in [-0.2, 0) is 6.54 Å². The first kappa shape index (κ1) is 16.3. The zero-order valence-electron chi connectivity index (χ0n) is 13.5. The minimum Gasteiger partial charge on any atom is -0.493 e. The molecule has 1 amide bonds. The molecule has 1 aromatic carbocycles. The van der Waals surface area contributed by atoms with Gasteiger partial charge in [0.1, 0.15) is 4.88 Å². The molecule has 0 aliphatic rings. The van der Waals surface area contributed by atoms with Crippen LogP contribution in [0.25, 0.3) is 0 Å². The van der Waals surface area contributed by atoms with E-state index in [1.807, 2.05) is 32.0 Å². The van der Waals surface area contributed by atoms with Gasteiger partial charge < -0.3 is 14.4 Å². The number of ether oxygens (including phenoxy) is 2. The normalized spacial score (nSPS) is 10.4. The molecule has 0 radical (unpaired) electrons. The summed E-state index contributed by atoms with van der Waals surface area (Å²) in [4.78, 5) is 19.2. The van der Waals surface area contributed by atoms with Crippen molar-refractivity contribution in [1.29, 1.82) is 0 Å². The lowest BCUT2D eigenvalue weighted by Crippen LogP contribution is -2.26. The van der Waals surface area contributed by atoms with Crippen LogP contribution in [0.2, 0.25) is 0 Å². The second-order valence-corrected chi connectivity index (χ2v) is 6.16. The lowest BCUT2D eigenvalue weighted by molar-refractivity contribution is 0.0788. The topological polar surface area (TPSA) is 51.7 Å². The lowest BCUT2D eigenvalue weighted by Gasteiger charge is -2.19. The van der Waals surface area contributed by atoms with Crippen LogP contribution in [0.3, 0.4) is 0 Å². The van der Waals surface area contributed by atoms with Gasteiger partial charge >= 0.3 is 0 Å². The fraction of sp³-hybridized carbons (Fsp3) is 0.375. The third kappa shape index (κ3) is 3.22. The summed E-state index contributed by atoms with van der Waals surface area (Å²) < 4.78 is 10.7. The molecule has 5 nitrogen and oxygen atoms in total. The number of aromatic nitrogens is 1. The molecule has 0 bridgehead atoms. The van der Waals surface area contributed by atoms with Gasteiger partial charge in [-0.15, -0.1) is 11.3 Å². The summed E-state index contributed by atoms with van der Waals surface area (Å²) in [6.07, 6.45) is 0. The van der Waals surface area contributed by atoms with Gasteiger partial charge in [-0.05, 0) is 19.9 Å². The molecule has 0 aliphatic carbocycles. The quantitative estimate of drug-likeness (QED) is 0.849. The van der Waals surface area contributed by atoms with Crippen LogP contribution in [-0.4, -0.2) is 37.1 Å². The van der Waals surface area contributed by atoms with E-state index in [4.69, 9.17) is 9.47 Å². The number of hydrogen-bond acceptors (Lipinski definition) is 5. The van der Waals surface area contributed by atoms with Crippen molar-refractivity contribution in [1.82, 2.24) is 9.88 Å². The van der Waals surface area contributed by atoms with Crippen LogP contribution in [0.15, 0.2) is 18.2 Å². The zero-order chi connectivity index (χ0) is 16.3. The molecule has 0 unspecified atom stereocenters. The number of amides is 1. The Hall–Kier alpha value is -2.08. The molecule has 0 aliphatic heterocycles. The maximum Gasteiger partial charge on any atom is 0.265 e. The molecule has 0 atom stereocenters. The smallest absolute Gasteiger partial charge is 0.265 e. The average Bonchev–Trinajstić information content (AvgIpc) is 2.84. The Labute approximate surface area is 134 Å². The predicted molar refractivity (Wildman–Crippen MR) is 86.9 cm³/mol. The maximum absolute atomic E-state index is 12.6. The van der Waals surface area contributed by atoms with Crippen LogP contribution in [0.4, 0.5) is 0 Å². The Morgan fingerprint density at radius 2 is 2.00 bits per heavy atom. The van der Waals surface area contributed by atoms with Gasteiger partial charge in [0.15, 0.2) is 11.5 Å². The van der Waals surface area contributed by atoms with Crippen molar-refractivity contribution in [2.45, 2.75) is 20.4 Å². The first-order valence-corrected chi connectivity index (χ1v) is 7.69. The molecule has 0 saturated heterocycles. The molecular formula is C16H20N2O3S. The Balaban J connectivity index is 2.23. The van der Waals surface area contributed by atoms with Crippen LogP contribution in [0, 0.1) is 13.8 Å². The third-order valence-electron chi connectivity index (χ3n) is 3.34. The first-order chi connectivity index (χ1) is 10.5. The predicted octanol–water partition coefficient (Wildman–Crippen LogP) is 3.05. The van der Waals surface area contributed by atoms with Gasteiger partial charge in [-0.3, -0.25) is 4.79 Å². The Kier molecular flexibility index (Phi) is 5.03. The van der Waals surface area contributed by atoms with Crippen molar-refractivity contribution in [2.24, 2.45) is 0 Å². The van der Waals surface area contributed by atoms with E-state index in [0.29, 0.717) is 22.9 Å². The summed E-state index contributed by atoms with van der Waals surface area (Å²) in [7, 11) is 4.97. The van der Waals surface area contributed by atoms with Gasteiger partial charge in [0.2, 0.25) is 0 Å². The van der Waals surface area contributed by atoms with Gasteiger partial charge in [0, 0.05) is 19.2 Å². The largest absolute Gasteiger partial charge is 0.493 e. The molecule has 1 aromatic heterocycles. The van der Waals surface area contributed by atoms with E-state index in [0.717, 1.165) is 16.3 Å². The van der Waals surface area contributed by atoms with E-state index < -0.39 is 0 Å². The van der Waals surface area contributed by atoms with Gasteiger partial charge in [-0.25, -0.2) is 4.98 Å². The van der Waals surface area contributed by atoms with Gasteiger partial charge in [0.25, 0.3) is 5.91 Å². The molecule has 0 spiro atoms. The number of methoxy groups -OCH3 is 2. The van der Waals surface area contributed by atoms with E-state index in [9.17, 15) is 4.79 Å². The highest BCUT2D eigenvalue weighted by molar-refractivity contribution is 7.13. The van der Waals surface area contributed by atoms with E-state index in [-0.39, 0.29) is 5.91 Å². The van der Waals surface area contributed by atoms with E-state index in [1.165, 1.54) is 11.3 Å². The van der Waals surface area contributed by atoms with Crippen LogP contribution < -0.4 is 9.47 Å². The monoisotopic (exact) mass is 320 g/mol. The van der Waals surface area contributed by atoms with Crippen LogP contribution in [0.1, 0.15) is 25.9 Å². The van der Waals surface area contributed by atoms with Crippen molar-refractivity contribution in [3.05, 3.63) is 39.3 Å². The highest BCUT2D eigenvalue weighted by Gasteiger charge is 2.20. The lowest BCUT2D eigenvalue weighted by atomic mass is 10.1. The molecule has 0 saturated carbocycles. The Bertz CT molecular complexity index is 682. The highest BCUT2D eigenvalue weighted by Crippen LogP contribution is 2.31. The highest BCUT2D eigenvalue weighted by atomic mass is 32.1. The number of carbonyl (C=O) groups excluding carboxylic acids is 1.